The molecule has 23 heavy (non-hydrogen) atoms. The predicted molar refractivity (Wildman–Crippen MR) is 92.3 cm³/mol. The fourth-order valence-electron chi connectivity index (χ4n) is 3.05. The molecule has 3 rings (SSSR count). The molecule has 0 radical (unpaired) electrons. The van der Waals surface area contributed by atoms with Crippen LogP contribution in [-0.4, -0.2) is 40.2 Å². The molecule has 1 aliphatic rings. The molecule has 1 aromatic carbocycles. The van der Waals surface area contributed by atoms with Gasteiger partial charge in [0, 0.05) is 25.2 Å². The van der Waals surface area contributed by atoms with Crippen LogP contribution in [-0.2, 0) is 11.3 Å². The van der Waals surface area contributed by atoms with E-state index >= 15 is 0 Å². The van der Waals surface area contributed by atoms with Crippen LogP contribution in [0, 0.1) is 0 Å². The molecule has 0 bridgehead atoms. The molecule has 1 amide bonds. The molecule has 1 N–H and O–H groups in total. The molecule has 2 aromatic rings. The summed E-state index contributed by atoms with van der Waals surface area (Å²) in [5, 5.41) is 7.41. The first-order valence-electron chi connectivity index (χ1n) is 8.35. The van der Waals surface area contributed by atoms with Crippen molar-refractivity contribution < 1.29 is 4.79 Å². The largest absolute Gasteiger partial charge is 0.309 e. The molecule has 5 heteroatoms. The van der Waals surface area contributed by atoms with Crippen LogP contribution in [0.4, 0.5) is 5.82 Å². The summed E-state index contributed by atoms with van der Waals surface area (Å²) in [6, 6.07) is 10.1. The lowest BCUT2D eigenvalue weighted by atomic mass is 10.1. The highest BCUT2D eigenvalue weighted by atomic mass is 16.1. The zero-order chi connectivity index (χ0) is 16.1. The summed E-state index contributed by atoms with van der Waals surface area (Å²) in [4.78, 5) is 13.9. The van der Waals surface area contributed by atoms with Crippen LogP contribution in [0.2, 0.25) is 0 Å². The van der Waals surface area contributed by atoms with Gasteiger partial charge in [-0.3, -0.25) is 9.48 Å². The third-order valence-electron chi connectivity index (χ3n) is 4.23. The van der Waals surface area contributed by atoms with E-state index in [9.17, 15) is 4.79 Å². The number of hydrogen-bond donors (Lipinski definition) is 1. The highest BCUT2D eigenvalue weighted by Gasteiger charge is 2.14. The number of rotatable bonds is 5. The second-order valence-corrected chi connectivity index (χ2v) is 6.10. The lowest BCUT2D eigenvalue weighted by Crippen LogP contribution is -2.32. The lowest BCUT2D eigenvalue weighted by Gasteiger charge is -2.26. The van der Waals surface area contributed by atoms with Crippen molar-refractivity contribution in [2.75, 3.05) is 25.0 Å². The Morgan fingerprint density at radius 3 is 2.57 bits per heavy atom. The molecule has 5 nitrogen and oxygen atoms in total. The Labute approximate surface area is 137 Å². The topological polar surface area (TPSA) is 50.2 Å². The molecule has 1 saturated heterocycles. The Hall–Kier alpha value is -2.14. The van der Waals surface area contributed by atoms with Gasteiger partial charge in [-0.25, -0.2) is 0 Å². The van der Waals surface area contributed by atoms with Gasteiger partial charge in [-0.1, -0.05) is 36.8 Å². The second kappa shape index (κ2) is 7.42. The van der Waals surface area contributed by atoms with Crippen molar-refractivity contribution in [3.8, 4) is 11.1 Å². The summed E-state index contributed by atoms with van der Waals surface area (Å²) in [5.74, 6) is 0.547. The van der Waals surface area contributed by atoms with Gasteiger partial charge in [0.2, 0.25) is 5.91 Å². The van der Waals surface area contributed by atoms with Gasteiger partial charge in [-0.05, 0) is 31.5 Å². The summed E-state index contributed by atoms with van der Waals surface area (Å²) >= 11 is 0. The van der Waals surface area contributed by atoms with E-state index in [0.717, 1.165) is 24.2 Å². The zero-order valence-electron chi connectivity index (χ0n) is 13.7. The minimum Gasteiger partial charge on any atom is -0.309 e. The molecule has 2 heterocycles. The summed E-state index contributed by atoms with van der Waals surface area (Å²) in [6.07, 6.45) is 5.98. The number of amides is 1. The van der Waals surface area contributed by atoms with Gasteiger partial charge < -0.3 is 10.2 Å². The number of anilines is 1. The Morgan fingerprint density at radius 2 is 1.87 bits per heavy atom. The Morgan fingerprint density at radius 1 is 1.13 bits per heavy atom. The van der Waals surface area contributed by atoms with Crippen LogP contribution < -0.4 is 5.32 Å². The van der Waals surface area contributed by atoms with Crippen molar-refractivity contribution in [2.24, 2.45) is 0 Å². The third-order valence-corrected chi connectivity index (χ3v) is 4.23. The van der Waals surface area contributed by atoms with E-state index in [1.54, 1.807) is 0 Å². The quantitative estimate of drug-likeness (QED) is 0.923. The molecule has 122 valence electrons. The Kier molecular flexibility index (Phi) is 5.08. The molecular weight excluding hydrogens is 288 g/mol. The molecule has 0 atom stereocenters. The number of aromatic nitrogens is 2. The van der Waals surface area contributed by atoms with E-state index in [1.807, 2.05) is 41.2 Å². The number of carbonyl (C=O) groups excluding carboxylic acids is 1. The van der Waals surface area contributed by atoms with Gasteiger partial charge in [0.05, 0.1) is 6.54 Å². The summed E-state index contributed by atoms with van der Waals surface area (Å²) in [7, 11) is 0. The maximum absolute atomic E-state index is 11.4. The number of hydrogen-bond acceptors (Lipinski definition) is 3. The van der Waals surface area contributed by atoms with E-state index in [2.05, 4.69) is 15.3 Å². The van der Waals surface area contributed by atoms with Gasteiger partial charge in [0.1, 0.15) is 0 Å². The zero-order valence-corrected chi connectivity index (χ0v) is 13.7. The van der Waals surface area contributed by atoms with E-state index in [-0.39, 0.29) is 5.91 Å². The maximum Gasteiger partial charge on any atom is 0.222 e. The smallest absolute Gasteiger partial charge is 0.222 e. The average molecular weight is 312 g/mol. The van der Waals surface area contributed by atoms with Crippen molar-refractivity contribution in [2.45, 2.75) is 32.7 Å². The predicted octanol–water partition coefficient (Wildman–Crippen LogP) is 2.99. The van der Waals surface area contributed by atoms with E-state index in [4.69, 9.17) is 0 Å². The first-order chi connectivity index (χ1) is 11.2. The minimum absolute atomic E-state index is 0.0940. The number of piperidine rings is 1. The van der Waals surface area contributed by atoms with Gasteiger partial charge in [0.25, 0.3) is 0 Å². The molecule has 1 aromatic heterocycles. The highest BCUT2D eigenvalue weighted by molar-refractivity contribution is 5.92. The minimum atomic E-state index is -0.0940. The fraction of sp³-hybridized carbons (Fsp3) is 0.444. The van der Waals surface area contributed by atoms with Gasteiger partial charge in [-0.15, -0.1) is 0 Å². The van der Waals surface area contributed by atoms with Gasteiger partial charge >= 0.3 is 0 Å². The lowest BCUT2D eigenvalue weighted by molar-refractivity contribution is -0.114. The van der Waals surface area contributed by atoms with Crippen molar-refractivity contribution in [3.05, 3.63) is 36.5 Å². The monoisotopic (exact) mass is 312 g/mol. The number of carbonyl (C=O) groups is 1. The normalized spacial score (nSPS) is 15.5. The maximum atomic E-state index is 11.4. The van der Waals surface area contributed by atoms with Crippen LogP contribution in [0.1, 0.15) is 26.2 Å². The third kappa shape index (κ3) is 4.20. The van der Waals surface area contributed by atoms with Crippen LogP contribution in [0.5, 0.6) is 0 Å². The van der Waals surface area contributed by atoms with E-state index < -0.39 is 0 Å². The van der Waals surface area contributed by atoms with Gasteiger partial charge in [0.15, 0.2) is 5.82 Å². The molecule has 0 saturated carbocycles. The number of benzene rings is 1. The van der Waals surface area contributed by atoms with Crippen LogP contribution in [0.15, 0.2) is 36.5 Å². The van der Waals surface area contributed by atoms with Crippen molar-refractivity contribution in [3.63, 3.8) is 0 Å². The Bertz CT molecular complexity index is 644. The molecule has 1 fully saturated rings. The molecule has 0 spiro atoms. The molecule has 0 aliphatic carbocycles. The number of likely N-dealkylation sites (tertiary alicyclic amines) is 1. The van der Waals surface area contributed by atoms with Crippen molar-refractivity contribution in [1.82, 2.24) is 14.7 Å². The fourth-order valence-corrected chi connectivity index (χ4v) is 3.05. The SMILES string of the molecule is CC(=O)Nc1nn(CCN2CCCCC2)cc1-c1ccccc1. The van der Waals surface area contributed by atoms with E-state index in [1.165, 1.54) is 39.3 Å². The van der Waals surface area contributed by atoms with Crippen LogP contribution in [0.3, 0.4) is 0 Å². The first-order valence-corrected chi connectivity index (χ1v) is 8.35. The summed E-state index contributed by atoms with van der Waals surface area (Å²) in [5.41, 5.74) is 2.04. The average Bonchev–Trinajstić information content (AvgIpc) is 2.97. The van der Waals surface area contributed by atoms with Gasteiger partial charge in [-0.2, -0.15) is 5.10 Å². The van der Waals surface area contributed by atoms with Crippen LogP contribution in [0.25, 0.3) is 11.1 Å². The van der Waals surface area contributed by atoms with Crippen molar-refractivity contribution >= 4 is 11.7 Å². The van der Waals surface area contributed by atoms with E-state index in [0.29, 0.717) is 5.82 Å². The standard InChI is InChI=1S/C18H24N4O/c1-15(23)19-18-17(16-8-4-2-5-9-16)14-22(20-18)13-12-21-10-6-3-7-11-21/h2,4-5,8-9,14H,3,6-7,10-13H2,1H3,(H,19,20,23). The molecular formula is C18H24N4O. The number of nitrogens with one attached hydrogen (secondary N) is 1. The molecule has 1 aliphatic heterocycles. The second-order valence-electron chi connectivity index (χ2n) is 6.10. The summed E-state index contributed by atoms with van der Waals surface area (Å²) in [6.45, 7) is 5.74. The highest BCUT2D eigenvalue weighted by Crippen LogP contribution is 2.26. The van der Waals surface area contributed by atoms with Crippen LogP contribution >= 0.6 is 0 Å². The molecule has 0 unspecified atom stereocenters. The number of nitrogens with zero attached hydrogens (tertiary/aromatic N) is 3. The van der Waals surface area contributed by atoms with Crippen molar-refractivity contribution in [1.29, 1.82) is 0 Å². The Balaban J connectivity index is 1.75. The summed E-state index contributed by atoms with van der Waals surface area (Å²) < 4.78 is 1.95. The first kappa shape index (κ1) is 15.7.